The van der Waals surface area contributed by atoms with E-state index in [1.54, 1.807) is 0 Å². The minimum Gasteiger partial charge on any atom is -0.356 e. The molecule has 4 heteroatoms. The number of hydrogen-bond donors (Lipinski definition) is 1. The van der Waals surface area contributed by atoms with E-state index in [1.807, 2.05) is 39.5 Å². The number of amides is 2. The lowest BCUT2D eigenvalue weighted by atomic mass is 10.0. The van der Waals surface area contributed by atoms with Gasteiger partial charge in [0.1, 0.15) is 0 Å². The lowest BCUT2D eigenvalue weighted by molar-refractivity contribution is -0.132. The number of likely N-dealkylation sites (tertiary alicyclic amines) is 1. The van der Waals surface area contributed by atoms with Gasteiger partial charge < -0.3 is 10.2 Å². The van der Waals surface area contributed by atoms with E-state index < -0.39 is 0 Å². The zero-order chi connectivity index (χ0) is 14.4. The van der Waals surface area contributed by atoms with E-state index >= 15 is 0 Å². The van der Waals surface area contributed by atoms with Crippen molar-refractivity contribution in [2.75, 3.05) is 13.1 Å². The van der Waals surface area contributed by atoms with Crippen molar-refractivity contribution in [2.24, 2.45) is 0 Å². The van der Waals surface area contributed by atoms with E-state index in [9.17, 15) is 9.59 Å². The molecule has 1 rings (SSSR count). The molecule has 0 saturated carbocycles. The van der Waals surface area contributed by atoms with Crippen molar-refractivity contribution in [3.05, 3.63) is 0 Å². The van der Waals surface area contributed by atoms with Crippen LogP contribution in [0.4, 0.5) is 0 Å². The molecule has 1 N–H and O–H groups in total. The van der Waals surface area contributed by atoms with Gasteiger partial charge in [0.2, 0.25) is 12.3 Å². The Morgan fingerprint density at radius 1 is 1.22 bits per heavy atom. The molecule has 0 aromatic heterocycles. The second-order valence-electron chi connectivity index (χ2n) is 3.69. The SMILES string of the molecule is CC.CC.CCCC(=O)N1CCC(NC=O)CC1. The Kier molecular flexibility index (Phi) is 15.0. The van der Waals surface area contributed by atoms with Gasteiger partial charge in [0.25, 0.3) is 0 Å². The number of carbonyl (C=O) groups excluding carboxylic acids is 2. The lowest BCUT2D eigenvalue weighted by Gasteiger charge is -2.31. The first kappa shape index (κ1) is 19.3. The van der Waals surface area contributed by atoms with Crippen LogP contribution >= 0.6 is 0 Å². The van der Waals surface area contributed by atoms with Crippen molar-refractivity contribution < 1.29 is 9.59 Å². The molecule has 0 spiro atoms. The van der Waals surface area contributed by atoms with Crippen LogP contribution in [-0.4, -0.2) is 36.3 Å². The molecule has 0 aromatic carbocycles. The predicted molar refractivity (Wildman–Crippen MR) is 76.4 cm³/mol. The van der Waals surface area contributed by atoms with Crippen molar-refractivity contribution >= 4 is 12.3 Å². The van der Waals surface area contributed by atoms with Gasteiger partial charge in [-0.1, -0.05) is 34.6 Å². The molecule has 0 atom stereocenters. The summed E-state index contributed by atoms with van der Waals surface area (Å²) in [5.74, 6) is 0.247. The Morgan fingerprint density at radius 3 is 2.11 bits per heavy atom. The molecule has 108 valence electrons. The summed E-state index contributed by atoms with van der Waals surface area (Å²) in [6.45, 7) is 11.6. The number of nitrogens with zero attached hydrogens (tertiary/aromatic N) is 1. The second-order valence-corrected chi connectivity index (χ2v) is 3.69. The molecule has 0 radical (unpaired) electrons. The zero-order valence-electron chi connectivity index (χ0n) is 12.7. The molecule has 0 unspecified atom stereocenters. The summed E-state index contributed by atoms with van der Waals surface area (Å²) >= 11 is 0. The molecular weight excluding hydrogens is 228 g/mol. The van der Waals surface area contributed by atoms with E-state index in [-0.39, 0.29) is 11.9 Å². The van der Waals surface area contributed by atoms with Gasteiger partial charge in [-0.15, -0.1) is 0 Å². The molecule has 1 fully saturated rings. The van der Waals surface area contributed by atoms with Crippen molar-refractivity contribution in [1.29, 1.82) is 0 Å². The van der Waals surface area contributed by atoms with Gasteiger partial charge in [-0.05, 0) is 19.3 Å². The quantitative estimate of drug-likeness (QED) is 0.788. The van der Waals surface area contributed by atoms with Crippen LogP contribution in [0, 0.1) is 0 Å². The maximum absolute atomic E-state index is 11.5. The van der Waals surface area contributed by atoms with Crippen molar-refractivity contribution in [3.8, 4) is 0 Å². The normalized spacial score (nSPS) is 14.6. The minimum absolute atomic E-state index is 0.247. The molecule has 0 aromatic rings. The molecule has 1 saturated heterocycles. The summed E-state index contributed by atoms with van der Waals surface area (Å²) in [5, 5.41) is 2.76. The smallest absolute Gasteiger partial charge is 0.222 e. The third-order valence-corrected chi connectivity index (χ3v) is 2.62. The number of rotatable bonds is 4. The molecule has 1 aliphatic heterocycles. The lowest BCUT2D eigenvalue weighted by Crippen LogP contribution is -2.44. The van der Waals surface area contributed by atoms with Crippen LogP contribution < -0.4 is 5.32 Å². The Balaban J connectivity index is 0. The maximum atomic E-state index is 11.5. The molecule has 1 aliphatic rings. The molecule has 4 nitrogen and oxygen atoms in total. The summed E-state index contributed by atoms with van der Waals surface area (Å²) in [6.07, 6.45) is 4.06. The van der Waals surface area contributed by atoms with Gasteiger partial charge in [-0.3, -0.25) is 9.59 Å². The Bertz CT molecular complexity index is 200. The summed E-state index contributed by atoms with van der Waals surface area (Å²) in [6, 6.07) is 0.262. The molecule has 2 amide bonds. The van der Waals surface area contributed by atoms with Gasteiger partial charge in [-0.2, -0.15) is 0 Å². The third-order valence-electron chi connectivity index (χ3n) is 2.62. The number of nitrogens with one attached hydrogen (secondary N) is 1. The highest BCUT2D eigenvalue weighted by atomic mass is 16.2. The minimum atomic E-state index is 0.247. The third kappa shape index (κ3) is 8.09. The van der Waals surface area contributed by atoms with E-state index in [4.69, 9.17) is 0 Å². The fourth-order valence-corrected chi connectivity index (χ4v) is 1.76. The first-order valence-electron chi connectivity index (χ1n) is 7.25. The fourth-order valence-electron chi connectivity index (χ4n) is 1.76. The fraction of sp³-hybridized carbons (Fsp3) is 0.857. The molecule has 1 heterocycles. The highest BCUT2D eigenvalue weighted by molar-refractivity contribution is 5.76. The molecule has 0 bridgehead atoms. The standard InChI is InChI=1S/C10H18N2O2.2C2H6/c1-2-3-10(14)12-6-4-9(5-7-12)11-8-13;2*1-2/h8-9H,2-7H2,1H3,(H,11,13);2*1-2H3. The Morgan fingerprint density at radius 2 is 1.72 bits per heavy atom. The van der Waals surface area contributed by atoms with Crippen LogP contribution in [0.3, 0.4) is 0 Å². The first-order chi connectivity index (χ1) is 8.77. The van der Waals surface area contributed by atoms with Crippen molar-refractivity contribution in [1.82, 2.24) is 10.2 Å². The van der Waals surface area contributed by atoms with Gasteiger partial charge in [0.15, 0.2) is 0 Å². The van der Waals surface area contributed by atoms with Gasteiger partial charge in [0, 0.05) is 25.6 Å². The zero-order valence-corrected chi connectivity index (χ0v) is 12.7. The average Bonchev–Trinajstić information content (AvgIpc) is 2.45. The van der Waals surface area contributed by atoms with E-state index in [2.05, 4.69) is 5.32 Å². The average molecular weight is 258 g/mol. The van der Waals surface area contributed by atoms with Crippen molar-refractivity contribution in [2.45, 2.75) is 66.3 Å². The molecule has 18 heavy (non-hydrogen) atoms. The maximum Gasteiger partial charge on any atom is 0.222 e. The van der Waals surface area contributed by atoms with Crippen LogP contribution in [0.15, 0.2) is 0 Å². The topological polar surface area (TPSA) is 49.4 Å². The highest BCUT2D eigenvalue weighted by Crippen LogP contribution is 2.11. The van der Waals surface area contributed by atoms with E-state index in [0.29, 0.717) is 6.42 Å². The molecule has 0 aliphatic carbocycles. The summed E-state index contributed by atoms with van der Waals surface area (Å²) in [4.78, 5) is 23.6. The number of piperidine rings is 1. The second kappa shape index (κ2) is 14.0. The van der Waals surface area contributed by atoms with Crippen LogP contribution in [-0.2, 0) is 9.59 Å². The van der Waals surface area contributed by atoms with Crippen LogP contribution in [0.2, 0.25) is 0 Å². The summed E-state index contributed by atoms with van der Waals surface area (Å²) in [7, 11) is 0. The monoisotopic (exact) mass is 258 g/mol. The molecular formula is C14H30N2O2. The first-order valence-corrected chi connectivity index (χ1v) is 7.25. The number of carbonyl (C=O) groups is 2. The number of hydrogen-bond acceptors (Lipinski definition) is 2. The van der Waals surface area contributed by atoms with Gasteiger partial charge in [-0.25, -0.2) is 0 Å². The van der Waals surface area contributed by atoms with Gasteiger partial charge >= 0.3 is 0 Å². The van der Waals surface area contributed by atoms with E-state index in [1.165, 1.54) is 0 Å². The van der Waals surface area contributed by atoms with Gasteiger partial charge in [0.05, 0.1) is 0 Å². The largest absolute Gasteiger partial charge is 0.356 e. The van der Waals surface area contributed by atoms with Crippen LogP contribution in [0.1, 0.15) is 60.3 Å². The highest BCUT2D eigenvalue weighted by Gasteiger charge is 2.21. The Labute approximate surface area is 112 Å². The van der Waals surface area contributed by atoms with Crippen LogP contribution in [0.25, 0.3) is 0 Å². The summed E-state index contributed by atoms with van der Waals surface area (Å²) < 4.78 is 0. The van der Waals surface area contributed by atoms with Crippen LogP contribution in [0.5, 0.6) is 0 Å². The Hall–Kier alpha value is -1.06. The summed E-state index contributed by atoms with van der Waals surface area (Å²) in [5.41, 5.74) is 0. The van der Waals surface area contributed by atoms with E-state index in [0.717, 1.165) is 38.8 Å². The van der Waals surface area contributed by atoms with Crippen molar-refractivity contribution in [3.63, 3.8) is 0 Å². The predicted octanol–water partition coefficient (Wildman–Crippen LogP) is 2.58.